The van der Waals surface area contributed by atoms with Gasteiger partial charge >= 0.3 is 5.97 Å². The van der Waals surface area contributed by atoms with Crippen LogP contribution in [0, 0.1) is 11.8 Å². The van der Waals surface area contributed by atoms with Crippen LogP contribution in [0.2, 0.25) is 0 Å². The third kappa shape index (κ3) is 2.97. The molecule has 1 aliphatic carbocycles. The Bertz CT molecular complexity index is 306. The van der Waals surface area contributed by atoms with Crippen LogP contribution in [0.4, 0.5) is 0 Å². The lowest BCUT2D eigenvalue weighted by Gasteiger charge is -2.17. The first-order chi connectivity index (χ1) is 8.18. The molecule has 1 amide bonds. The van der Waals surface area contributed by atoms with Crippen molar-refractivity contribution in [1.82, 2.24) is 10.6 Å². The normalized spacial score (nSPS) is 31.2. The number of carboxylic acid groups (broad SMARTS) is 1. The molecule has 2 aliphatic rings. The molecule has 1 saturated heterocycles. The maximum Gasteiger partial charge on any atom is 0.303 e. The van der Waals surface area contributed by atoms with Crippen molar-refractivity contribution in [3.63, 3.8) is 0 Å². The molecule has 0 aromatic heterocycles. The van der Waals surface area contributed by atoms with Crippen molar-refractivity contribution in [2.45, 2.75) is 38.1 Å². The lowest BCUT2D eigenvalue weighted by Crippen LogP contribution is -2.44. The molecule has 1 saturated carbocycles. The summed E-state index contributed by atoms with van der Waals surface area (Å²) in [6, 6.07) is -0.0488. The number of aliphatic carboxylic acids is 1. The first-order valence-corrected chi connectivity index (χ1v) is 6.41. The Balaban J connectivity index is 1.71. The van der Waals surface area contributed by atoms with Crippen LogP contribution in [0.25, 0.3) is 0 Å². The molecule has 5 nitrogen and oxygen atoms in total. The zero-order valence-corrected chi connectivity index (χ0v) is 9.95. The van der Waals surface area contributed by atoms with Gasteiger partial charge in [0.15, 0.2) is 0 Å². The van der Waals surface area contributed by atoms with E-state index in [-0.39, 0.29) is 18.4 Å². The van der Waals surface area contributed by atoms with Gasteiger partial charge in [0.2, 0.25) is 5.91 Å². The number of hydrogen-bond acceptors (Lipinski definition) is 3. The summed E-state index contributed by atoms with van der Waals surface area (Å²) in [5.74, 6) is 0.401. The van der Waals surface area contributed by atoms with Gasteiger partial charge in [-0.3, -0.25) is 9.59 Å². The predicted octanol–water partition coefficient (Wildman–Crippen LogP) is 0.355. The molecular formula is C12H20N2O3. The van der Waals surface area contributed by atoms with Gasteiger partial charge in [0.05, 0.1) is 6.04 Å². The largest absolute Gasteiger partial charge is 0.481 e. The van der Waals surface area contributed by atoms with Crippen molar-refractivity contribution in [2.24, 2.45) is 11.8 Å². The second-order valence-corrected chi connectivity index (χ2v) is 5.03. The quantitative estimate of drug-likeness (QED) is 0.606. The molecule has 0 aromatic rings. The van der Waals surface area contributed by atoms with Gasteiger partial charge in [-0.05, 0) is 37.6 Å². The molecule has 2 fully saturated rings. The van der Waals surface area contributed by atoms with Crippen LogP contribution in [0.15, 0.2) is 0 Å². The number of amides is 1. The van der Waals surface area contributed by atoms with Gasteiger partial charge in [-0.1, -0.05) is 6.42 Å². The second kappa shape index (κ2) is 5.49. The van der Waals surface area contributed by atoms with Crippen molar-refractivity contribution >= 4 is 11.9 Å². The van der Waals surface area contributed by atoms with Gasteiger partial charge in [0.1, 0.15) is 0 Å². The van der Waals surface area contributed by atoms with E-state index in [1.54, 1.807) is 0 Å². The van der Waals surface area contributed by atoms with E-state index < -0.39 is 5.97 Å². The minimum Gasteiger partial charge on any atom is -0.481 e. The van der Waals surface area contributed by atoms with E-state index in [0.717, 1.165) is 13.0 Å². The Morgan fingerprint density at radius 1 is 1.35 bits per heavy atom. The van der Waals surface area contributed by atoms with Crippen LogP contribution in [0.3, 0.4) is 0 Å². The molecule has 2 rings (SSSR count). The maximum absolute atomic E-state index is 11.9. The fourth-order valence-electron chi connectivity index (χ4n) is 3.04. The number of rotatable bonds is 5. The molecule has 0 radical (unpaired) electrons. The lowest BCUT2D eigenvalue weighted by atomic mass is 9.93. The molecule has 3 atom stereocenters. The molecular weight excluding hydrogens is 220 g/mol. The highest BCUT2D eigenvalue weighted by Gasteiger charge is 2.42. The van der Waals surface area contributed by atoms with Crippen LogP contribution in [0.1, 0.15) is 32.1 Å². The number of fused-ring (bicyclic) bond motifs is 1. The van der Waals surface area contributed by atoms with Crippen LogP contribution in [0.5, 0.6) is 0 Å². The van der Waals surface area contributed by atoms with Gasteiger partial charge in [-0.25, -0.2) is 0 Å². The van der Waals surface area contributed by atoms with Gasteiger partial charge in [-0.15, -0.1) is 0 Å². The molecule has 0 bridgehead atoms. The zero-order valence-electron chi connectivity index (χ0n) is 9.95. The molecule has 1 aliphatic heterocycles. The summed E-state index contributed by atoms with van der Waals surface area (Å²) in [6.45, 7) is 1.42. The summed E-state index contributed by atoms with van der Waals surface area (Å²) in [6.07, 6.45) is 4.23. The Morgan fingerprint density at radius 3 is 2.94 bits per heavy atom. The van der Waals surface area contributed by atoms with Crippen molar-refractivity contribution in [3.05, 3.63) is 0 Å². The van der Waals surface area contributed by atoms with Crippen LogP contribution >= 0.6 is 0 Å². The van der Waals surface area contributed by atoms with E-state index in [4.69, 9.17) is 5.11 Å². The van der Waals surface area contributed by atoms with Crippen molar-refractivity contribution in [1.29, 1.82) is 0 Å². The Labute approximate surface area is 101 Å². The molecule has 17 heavy (non-hydrogen) atoms. The molecule has 0 spiro atoms. The summed E-state index contributed by atoms with van der Waals surface area (Å²) < 4.78 is 0. The summed E-state index contributed by atoms with van der Waals surface area (Å²) >= 11 is 0. The third-order valence-corrected chi connectivity index (χ3v) is 3.90. The smallest absolute Gasteiger partial charge is 0.303 e. The molecule has 5 heteroatoms. The topological polar surface area (TPSA) is 78.4 Å². The Morgan fingerprint density at radius 2 is 2.18 bits per heavy atom. The first kappa shape index (κ1) is 12.4. The summed E-state index contributed by atoms with van der Waals surface area (Å²) in [5, 5.41) is 14.6. The monoisotopic (exact) mass is 240 g/mol. The van der Waals surface area contributed by atoms with Crippen LogP contribution in [-0.2, 0) is 9.59 Å². The summed E-state index contributed by atoms with van der Waals surface area (Å²) in [5.41, 5.74) is 0. The lowest BCUT2D eigenvalue weighted by molar-refractivity contribution is -0.137. The maximum atomic E-state index is 11.9. The van der Waals surface area contributed by atoms with Gasteiger partial charge < -0.3 is 15.7 Å². The van der Waals surface area contributed by atoms with Crippen molar-refractivity contribution in [3.8, 4) is 0 Å². The molecule has 1 heterocycles. The van der Waals surface area contributed by atoms with E-state index >= 15 is 0 Å². The molecule has 3 N–H and O–H groups in total. The number of hydrogen-bond donors (Lipinski definition) is 3. The number of nitrogens with one attached hydrogen (secondary N) is 2. The summed E-state index contributed by atoms with van der Waals surface area (Å²) in [4.78, 5) is 22.2. The van der Waals surface area contributed by atoms with E-state index in [9.17, 15) is 9.59 Å². The van der Waals surface area contributed by atoms with Gasteiger partial charge in [-0.2, -0.15) is 0 Å². The average molecular weight is 240 g/mol. The SMILES string of the molecule is O=C(O)CCCNC(=O)C1NCC2CCCC21. The second-order valence-electron chi connectivity index (χ2n) is 5.03. The number of carboxylic acids is 1. The molecule has 96 valence electrons. The first-order valence-electron chi connectivity index (χ1n) is 6.41. The standard InChI is InChI=1S/C12H20N2O3/c15-10(16)5-2-6-13-12(17)11-9-4-1-3-8(9)7-14-11/h8-9,11,14H,1-7H2,(H,13,17)(H,15,16). The number of carbonyl (C=O) groups is 2. The van der Waals surface area contributed by atoms with E-state index in [2.05, 4.69) is 10.6 Å². The van der Waals surface area contributed by atoms with E-state index in [1.165, 1.54) is 12.8 Å². The minimum atomic E-state index is -0.811. The summed E-state index contributed by atoms with van der Waals surface area (Å²) in [7, 11) is 0. The van der Waals surface area contributed by atoms with Crippen LogP contribution in [-0.4, -0.2) is 36.1 Å². The fourth-order valence-corrected chi connectivity index (χ4v) is 3.04. The van der Waals surface area contributed by atoms with Crippen molar-refractivity contribution in [2.75, 3.05) is 13.1 Å². The molecule has 0 aromatic carbocycles. The van der Waals surface area contributed by atoms with E-state index in [0.29, 0.717) is 24.8 Å². The van der Waals surface area contributed by atoms with E-state index in [1.807, 2.05) is 0 Å². The average Bonchev–Trinajstić information content (AvgIpc) is 2.85. The highest BCUT2D eigenvalue weighted by Crippen LogP contribution is 2.37. The highest BCUT2D eigenvalue weighted by atomic mass is 16.4. The molecule has 3 unspecified atom stereocenters. The predicted molar refractivity (Wildman–Crippen MR) is 62.5 cm³/mol. The highest BCUT2D eigenvalue weighted by molar-refractivity contribution is 5.82. The Kier molecular flexibility index (Phi) is 3.99. The Hall–Kier alpha value is -1.10. The van der Waals surface area contributed by atoms with Gasteiger partial charge in [0, 0.05) is 13.0 Å². The van der Waals surface area contributed by atoms with Gasteiger partial charge in [0.25, 0.3) is 0 Å². The van der Waals surface area contributed by atoms with Crippen LogP contribution < -0.4 is 10.6 Å². The number of carbonyl (C=O) groups excluding carboxylic acids is 1. The fraction of sp³-hybridized carbons (Fsp3) is 0.833. The third-order valence-electron chi connectivity index (χ3n) is 3.90. The zero-order chi connectivity index (χ0) is 12.3. The van der Waals surface area contributed by atoms with Crippen molar-refractivity contribution < 1.29 is 14.7 Å². The minimum absolute atomic E-state index is 0.0461.